The molecule has 2 heterocycles. The lowest BCUT2D eigenvalue weighted by molar-refractivity contribution is -0.137. The van der Waals surface area contributed by atoms with Crippen molar-refractivity contribution in [2.45, 2.75) is 18.6 Å². The zero-order valence-corrected chi connectivity index (χ0v) is 16.4. The van der Waals surface area contributed by atoms with Gasteiger partial charge < -0.3 is 21.3 Å². The van der Waals surface area contributed by atoms with Gasteiger partial charge >= 0.3 is 6.18 Å². The van der Waals surface area contributed by atoms with Crippen LogP contribution in [0, 0.1) is 0 Å². The summed E-state index contributed by atoms with van der Waals surface area (Å²) in [5.41, 5.74) is 13.6. The van der Waals surface area contributed by atoms with Crippen LogP contribution in [0.5, 0.6) is 0 Å². The van der Waals surface area contributed by atoms with Crippen molar-refractivity contribution in [3.05, 3.63) is 59.8 Å². The lowest BCUT2D eigenvalue weighted by Gasteiger charge is -2.13. The van der Waals surface area contributed by atoms with Gasteiger partial charge in [0.05, 0.1) is 15.8 Å². The predicted molar refractivity (Wildman–Crippen MR) is 111 cm³/mol. The van der Waals surface area contributed by atoms with Crippen molar-refractivity contribution in [1.29, 1.82) is 0 Å². The first kappa shape index (κ1) is 20.2. The van der Waals surface area contributed by atoms with E-state index in [1.165, 1.54) is 23.5 Å². The fourth-order valence-electron chi connectivity index (χ4n) is 3.02. The van der Waals surface area contributed by atoms with Gasteiger partial charge in [-0.15, -0.1) is 0 Å². The van der Waals surface area contributed by atoms with Crippen LogP contribution in [0.1, 0.15) is 11.1 Å². The molecule has 6 nitrogen and oxygen atoms in total. The monoisotopic (exact) mass is 433 g/mol. The number of nitrogen functional groups attached to an aromatic ring is 1. The van der Waals surface area contributed by atoms with E-state index < -0.39 is 11.7 Å². The maximum atomic E-state index is 12.6. The van der Waals surface area contributed by atoms with Crippen molar-refractivity contribution in [3.63, 3.8) is 0 Å². The maximum absolute atomic E-state index is 12.6. The molecule has 0 aliphatic heterocycles. The van der Waals surface area contributed by atoms with Gasteiger partial charge in [-0.3, -0.25) is 0 Å². The fourth-order valence-corrected chi connectivity index (χ4v) is 3.84. The van der Waals surface area contributed by atoms with Crippen LogP contribution in [-0.4, -0.2) is 22.7 Å². The highest BCUT2D eigenvalue weighted by Crippen LogP contribution is 2.33. The van der Waals surface area contributed by atoms with E-state index in [0.29, 0.717) is 29.5 Å². The molecule has 1 atom stereocenters. The zero-order chi connectivity index (χ0) is 21.3. The number of nitrogens with zero attached hydrogens (tertiary/aromatic N) is 2. The number of aromatic nitrogens is 2. The van der Waals surface area contributed by atoms with Crippen LogP contribution in [0.4, 0.5) is 24.1 Å². The van der Waals surface area contributed by atoms with Gasteiger partial charge in [-0.05, 0) is 47.9 Å². The minimum Gasteiger partial charge on any atom is -0.380 e. The van der Waals surface area contributed by atoms with Crippen molar-refractivity contribution < 1.29 is 17.7 Å². The molecule has 10 heteroatoms. The van der Waals surface area contributed by atoms with Gasteiger partial charge in [0, 0.05) is 18.8 Å². The van der Waals surface area contributed by atoms with E-state index >= 15 is 0 Å². The Kier molecular flexibility index (Phi) is 5.35. The molecule has 0 spiro atoms. The fraction of sp³-hybridized carbons (Fsp3) is 0.200. The molecular weight excluding hydrogens is 415 g/mol. The zero-order valence-electron chi connectivity index (χ0n) is 15.6. The van der Waals surface area contributed by atoms with Gasteiger partial charge in [0.25, 0.3) is 0 Å². The van der Waals surface area contributed by atoms with Crippen molar-refractivity contribution in [2.24, 2.45) is 5.73 Å². The van der Waals surface area contributed by atoms with Crippen LogP contribution in [0.3, 0.4) is 0 Å². The molecule has 30 heavy (non-hydrogen) atoms. The van der Waals surface area contributed by atoms with Crippen molar-refractivity contribution in [3.8, 4) is 10.4 Å². The van der Waals surface area contributed by atoms with E-state index in [0.717, 1.165) is 33.5 Å². The Morgan fingerprint density at radius 3 is 2.63 bits per heavy atom. The van der Waals surface area contributed by atoms with Gasteiger partial charge in [-0.25, -0.2) is 4.98 Å². The molecule has 0 saturated carbocycles. The minimum absolute atomic E-state index is 0.276. The number of halogens is 3. The Labute approximate surface area is 173 Å². The summed E-state index contributed by atoms with van der Waals surface area (Å²) in [7, 11) is 0. The average Bonchev–Trinajstić information content (AvgIpc) is 3.33. The van der Waals surface area contributed by atoms with Gasteiger partial charge in [-0.1, -0.05) is 28.6 Å². The van der Waals surface area contributed by atoms with E-state index in [1.54, 1.807) is 12.3 Å². The Bertz CT molecular complexity index is 1150. The second-order valence-corrected chi connectivity index (χ2v) is 7.88. The topological polar surface area (TPSA) is 103 Å². The third-order valence-electron chi connectivity index (χ3n) is 4.58. The first-order valence-electron chi connectivity index (χ1n) is 9.06. The van der Waals surface area contributed by atoms with Crippen molar-refractivity contribution in [1.82, 2.24) is 10.1 Å². The number of rotatable bonds is 6. The Balaban J connectivity index is 1.36. The summed E-state index contributed by atoms with van der Waals surface area (Å²) in [4.78, 5) is 5.30. The quantitative estimate of drug-likeness (QED) is 0.413. The summed E-state index contributed by atoms with van der Waals surface area (Å²) < 4.78 is 43.0. The molecule has 1 unspecified atom stereocenters. The first-order chi connectivity index (χ1) is 14.3. The van der Waals surface area contributed by atoms with Crippen LogP contribution in [0.25, 0.3) is 21.4 Å². The summed E-state index contributed by atoms with van der Waals surface area (Å²) >= 11 is 1.46. The highest BCUT2D eigenvalue weighted by molar-refractivity contribution is 7.18. The number of anilines is 2. The van der Waals surface area contributed by atoms with Gasteiger partial charge in [0.15, 0.2) is 16.5 Å². The summed E-state index contributed by atoms with van der Waals surface area (Å²) in [6.45, 7) is 0.436. The molecular formula is C20H18F3N5OS. The molecule has 4 rings (SSSR count). The van der Waals surface area contributed by atoms with Gasteiger partial charge in [0.2, 0.25) is 0 Å². The molecule has 0 bridgehead atoms. The predicted octanol–water partition coefficient (Wildman–Crippen LogP) is 4.53. The Morgan fingerprint density at radius 1 is 1.13 bits per heavy atom. The number of nitrogens with one attached hydrogen (secondary N) is 1. The summed E-state index contributed by atoms with van der Waals surface area (Å²) in [6, 6.07) is 10.4. The molecule has 156 valence electrons. The number of thiazole rings is 1. The lowest BCUT2D eigenvalue weighted by atomic mass is 10.0. The molecule has 4 aromatic rings. The smallest absolute Gasteiger partial charge is 0.380 e. The Morgan fingerprint density at radius 2 is 1.90 bits per heavy atom. The number of benzene rings is 2. The molecule has 5 N–H and O–H groups in total. The molecule has 2 aromatic heterocycles. The maximum Gasteiger partial charge on any atom is 0.416 e. The molecule has 0 radical (unpaired) electrons. The van der Waals surface area contributed by atoms with E-state index in [-0.39, 0.29) is 6.04 Å². The molecule has 0 aliphatic rings. The number of hydrogen-bond donors (Lipinski definition) is 3. The highest BCUT2D eigenvalue weighted by atomic mass is 32.1. The SMILES string of the molecule is Nc1noc2ccc(-c3cnc(NCC(N)Cc4ccc(C(F)(F)F)cc4)s3)cc12. The summed E-state index contributed by atoms with van der Waals surface area (Å²) in [5, 5.41) is 8.37. The average molecular weight is 433 g/mol. The molecule has 0 amide bonds. The molecule has 2 aromatic carbocycles. The van der Waals surface area contributed by atoms with E-state index in [9.17, 15) is 13.2 Å². The van der Waals surface area contributed by atoms with Crippen LogP contribution < -0.4 is 16.8 Å². The number of nitrogens with two attached hydrogens (primary N) is 2. The minimum atomic E-state index is -4.34. The number of hydrogen-bond acceptors (Lipinski definition) is 7. The van der Waals surface area contributed by atoms with Gasteiger partial charge in [0.1, 0.15) is 0 Å². The van der Waals surface area contributed by atoms with Crippen LogP contribution in [-0.2, 0) is 12.6 Å². The van der Waals surface area contributed by atoms with E-state index in [1.807, 2.05) is 12.1 Å². The number of alkyl halides is 3. The normalized spacial score (nSPS) is 12.9. The van der Waals surface area contributed by atoms with Crippen molar-refractivity contribution in [2.75, 3.05) is 17.6 Å². The van der Waals surface area contributed by atoms with E-state index in [2.05, 4.69) is 15.5 Å². The second kappa shape index (κ2) is 7.96. The van der Waals surface area contributed by atoms with Crippen LogP contribution in [0.2, 0.25) is 0 Å². The van der Waals surface area contributed by atoms with Gasteiger partial charge in [-0.2, -0.15) is 13.2 Å². The summed E-state index contributed by atoms with van der Waals surface area (Å²) in [6.07, 6.45) is -2.14. The highest BCUT2D eigenvalue weighted by Gasteiger charge is 2.29. The van der Waals surface area contributed by atoms with Crippen LogP contribution in [0.15, 0.2) is 53.2 Å². The molecule has 0 saturated heterocycles. The van der Waals surface area contributed by atoms with E-state index in [4.69, 9.17) is 16.0 Å². The van der Waals surface area contributed by atoms with Crippen LogP contribution >= 0.6 is 11.3 Å². The standard InChI is InChI=1S/C20H18F3N5OS/c21-20(22,23)13-4-1-11(2-5-13)7-14(24)9-26-19-27-10-17(30-19)12-3-6-16-15(8-12)18(25)28-29-16/h1-6,8,10,14H,7,9,24H2,(H2,25,28)(H,26,27). The lowest BCUT2D eigenvalue weighted by Crippen LogP contribution is -2.31. The third-order valence-corrected chi connectivity index (χ3v) is 5.59. The molecule has 0 fully saturated rings. The second-order valence-electron chi connectivity index (χ2n) is 6.85. The summed E-state index contributed by atoms with van der Waals surface area (Å²) in [5.74, 6) is 0.337. The third kappa shape index (κ3) is 4.39. The number of fused-ring (bicyclic) bond motifs is 1. The largest absolute Gasteiger partial charge is 0.416 e. The first-order valence-corrected chi connectivity index (χ1v) is 9.88. The Hall–Kier alpha value is -3.11. The van der Waals surface area contributed by atoms with Crippen molar-refractivity contribution >= 4 is 33.3 Å². The molecule has 0 aliphatic carbocycles.